The number of hydrogen-bond donors (Lipinski definition) is 3. The van der Waals surface area contributed by atoms with E-state index in [4.69, 9.17) is 51.5 Å². The Bertz CT molecular complexity index is 1810. The molecule has 3 rings (SSSR count). The molecule has 0 bridgehead atoms. The molecular weight excluding hydrogens is 906 g/mol. The first-order chi connectivity index (χ1) is 27.6. The number of nitrogens with two attached hydrogens (primary N) is 2. The predicted octanol–water partition coefficient (Wildman–Crippen LogP) is 11.0. The van der Waals surface area contributed by atoms with E-state index in [2.05, 4.69) is 25.7 Å². The number of hydrogen-bond acceptors (Lipinski definition) is 11. The minimum atomic E-state index is -4.51. The Kier molecular flexibility index (Phi) is 26.2. The average molecular weight is 948 g/mol. The monoisotopic (exact) mass is 946 g/mol. The lowest BCUT2D eigenvalue weighted by Gasteiger charge is -2.14. The number of rotatable bonds is 12. The van der Waals surface area contributed by atoms with Gasteiger partial charge in [-0.15, -0.1) is 0 Å². The molecule has 5 N–H and O–H groups in total. The molecule has 0 aliphatic rings. The molecular formula is C38H42Cl3F9N2O9. The van der Waals surface area contributed by atoms with Gasteiger partial charge in [0.05, 0.1) is 49.4 Å². The van der Waals surface area contributed by atoms with Crippen molar-refractivity contribution in [1.29, 1.82) is 0 Å². The standard InChI is InChI=1S/2C12H13ClF3NO2.C8H4ClF3O.C5H8O4.CH4/c2*1-2-19-11(18)6-10(17)7-3-8(12(14,15)16)5-9(13)4-7;9-7-2-5(4-13)1-6(3-7)8(10,11)12;1-3-8-5(6)4(2)9-7;/h2*3-5,10H,2,6,17H2,1H3;1-4H;7H,2-3H2,1H3;1H4/t10-;;;;/m0..../s1. The highest BCUT2D eigenvalue weighted by molar-refractivity contribution is 6.31. The summed E-state index contributed by atoms with van der Waals surface area (Å²) in [7, 11) is 0. The Morgan fingerprint density at radius 3 is 1.26 bits per heavy atom. The first-order valence-corrected chi connectivity index (χ1v) is 17.8. The molecule has 3 aromatic carbocycles. The normalized spacial score (nSPS) is 11.8. The highest BCUT2D eigenvalue weighted by Crippen LogP contribution is 2.35. The first kappa shape index (κ1) is 58.5. The molecule has 3 aromatic rings. The molecule has 0 spiro atoms. The molecule has 0 saturated heterocycles. The molecule has 0 saturated carbocycles. The maximum Gasteiger partial charge on any atom is 0.416 e. The molecule has 11 nitrogen and oxygen atoms in total. The Morgan fingerprint density at radius 1 is 0.639 bits per heavy atom. The van der Waals surface area contributed by atoms with E-state index in [0.29, 0.717) is 6.29 Å². The number of aldehydes is 1. The van der Waals surface area contributed by atoms with Crippen molar-refractivity contribution in [3.8, 4) is 0 Å². The summed E-state index contributed by atoms with van der Waals surface area (Å²) in [5, 5.41) is 7.57. The van der Waals surface area contributed by atoms with E-state index in [0.717, 1.165) is 36.4 Å². The lowest BCUT2D eigenvalue weighted by Crippen LogP contribution is -2.18. The number of carbonyl (C=O) groups is 4. The van der Waals surface area contributed by atoms with Gasteiger partial charge in [-0.2, -0.15) is 39.5 Å². The van der Waals surface area contributed by atoms with Crippen LogP contribution in [-0.2, 0) is 52.0 Å². The van der Waals surface area contributed by atoms with Crippen LogP contribution in [-0.4, -0.2) is 49.3 Å². The number of benzene rings is 3. The summed E-state index contributed by atoms with van der Waals surface area (Å²) in [6.45, 7) is 8.56. The maximum absolute atomic E-state index is 12.6. The van der Waals surface area contributed by atoms with Crippen LogP contribution in [0.2, 0.25) is 15.1 Å². The molecule has 0 heterocycles. The Morgan fingerprint density at radius 2 is 0.967 bits per heavy atom. The summed E-state index contributed by atoms with van der Waals surface area (Å²) in [4.78, 5) is 46.5. The zero-order chi connectivity index (χ0) is 46.6. The van der Waals surface area contributed by atoms with Crippen LogP contribution in [0.15, 0.2) is 66.9 Å². The fraction of sp³-hybridized carbons (Fsp3) is 0.368. The van der Waals surface area contributed by atoms with E-state index in [1.165, 1.54) is 18.2 Å². The van der Waals surface area contributed by atoms with Crippen molar-refractivity contribution in [3.63, 3.8) is 0 Å². The van der Waals surface area contributed by atoms with Crippen LogP contribution in [0.5, 0.6) is 0 Å². The van der Waals surface area contributed by atoms with E-state index in [-0.39, 0.29) is 71.8 Å². The number of alkyl halides is 9. The topological polar surface area (TPSA) is 177 Å². The second-order valence-corrected chi connectivity index (χ2v) is 12.7. The van der Waals surface area contributed by atoms with Crippen LogP contribution in [0.1, 0.15) is 91.3 Å². The van der Waals surface area contributed by atoms with Crippen LogP contribution in [0.4, 0.5) is 39.5 Å². The van der Waals surface area contributed by atoms with E-state index in [1.54, 1.807) is 20.8 Å². The van der Waals surface area contributed by atoms with Gasteiger partial charge >= 0.3 is 36.4 Å². The largest absolute Gasteiger partial charge is 0.466 e. The molecule has 342 valence electrons. The number of carbonyl (C=O) groups excluding carboxylic acids is 4. The summed E-state index contributed by atoms with van der Waals surface area (Å²) in [6, 6.07) is 6.91. The maximum atomic E-state index is 12.6. The van der Waals surface area contributed by atoms with Crippen molar-refractivity contribution < 1.29 is 83.0 Å². The summed E-state index contributed by atoms with van der Waals surface area (Å²) in [5.74, 6) is -2.29. The Hall–Kier alpha value is -4.60. The Labute approximate surface area is 359 Å². The molecule has 1 unspecified atom stereocenters. The molecule has 61 heavy (non-hydrogen) atoms. The molecule has 0 fully saturated rings. The van der Waals surface area contributed by atoms with Gasteiger partial charge in [-0.25, -0.2) is 10.1 Å². The number of halogens is 12. The fourth-order valence-electron chi connectivity index (χ4n) is 4.11. The van der Waals surface area contributed by atoms with Crippen molar-refractivity contribution in [1.82, 2.24) is 0 Å². The second kappa shape index (κ2) is 27.4. The van der Waals surface area contributed by atoms with Crippen LogP contribution in [0.3, 0.4) is 0 Å². The highest BCUT2D eigenvalue weighted by Gasteiger charge is 2.33. The van der Waals surface area contributed by atoms with Crippen molar-refractivity contribution >= 4 is 59.0 Å². The van der Waals surface area contributed by atoms with Crippen molar-refractivity contribution in [2.75, 3.05) is 19.8 Å². The lowest BCUT2D eigenvalue weighted by molar-refractivity contribution is -0.211. The van der Waals surface area contributed by atoms with Crippen LogP contribution in [0, 0.1) is 0 Å². The zero-order valence-electron chi connectivity index (χ0n) is 31.6. The van der Waals surface area contributed by atoms with Crippen LogP contribution >= 0.6 is 34.8 Å². The van der Waals surface area contributed by atoms with Gasteiger partial charge in [0, 0.05) is 32.7 Å². The lowest BCUT2D eigenvalue weighted by atomic mass is 10.0. The van der Waals surface area contributed by atoms with Gasteiger partial charge in [-0.1, -0.05) is 42.2 Å². The van der Waals surface area contributed by atoms with Gasteiger partial charge in [0.1, 0.15) is 6.29 Å². The molecule has 0 aliphatic heterocycles. The van der Waals surface area contributed by atoms with Gasteiger partial charge in [-0.05, 0) is 93.1 Å². The van der Waals surface area contributed by atoms with Gasteiger partial charge < -0.3 is 30.6 Å². The predicted molar refractivity (Wildman–Crippen MR) is 207 cm³/mol. The second-order valence-electron chi connectivity index (χ2n) is 11.4. The van der Waals surface area contributed by atoms with Gasteiger partial charge in [0.15, 0.2) is 0 Å². The van der Waals surface area contributed by atoms with Crippen molar-refractivity contribution in [3.05, 3.63) is 115 Å². The molecule has 0 radical (unpaired) electrons. The molecule has 2 atom stereocenters. The van der Waals surface area contributed by atoms with E-state index >= 15 is 0 Å². The van der Waals surface area contributed by atoms with E-state index in [1.807, 2.05) is 0 Å². The average Bonchev–Trinajstić information content (AvgIpc) is 3.13. The molecule has 0 aromatic heterocycles. The molecule has 0 amide bonds. The van der Waals surface area contributed by atoms with Crippen LogP contribution in [0.25, 0.3) is 0 Å². The fourth-order valence-corrected chi connectivity index (χ4v) is 4.84. The van der Waals surface area contributed by atoms with E-state index < -0.39 is 71.0 Å². The number of esters is 3. The van der Waals surface area contributed by atoms with Crippen LogP contribution < -0.4 is 11.5 Å². The van der Waals surface area contributed by atoms with E-state index in [9.17, 15) is 58.7 Å². The quantitative estimate of drug-likeness (QED) is 0.0230. The Balaban J connectivity index is 0. The third-order valence-electron chi connectivity index (χ3n) is 6.73. The third-order valence-corrected chi connectivity index (χ3v) is 7.39. The van der Waals surface area contributed by atoms with Crippen molar-refractivity contribution in [2.45, 2.75) is 71.7 Å². The van der Waals surface area contributed by atoms with Gasteiger partial charge in [-0.3, -0.25) is 14.4 Å². The zero-order valence-corrected chi connectivity index (χ0v) is 33.8. The highest BCUT2D eigenvalue weighted by atomic mass is 35.5. The molecule has 23 heteroatoms. The summed E-state index contributed by atoms with van der Waals surface area (Å²) in [5.41, 5.74) is 8.87. The summed E-state index contributed by atoms with van der Waals surface area (Å²) < 4.78 is 126. The van der Waals surface area contributed by atoms with Crippen molar-refractivity contribution in [2.24, 2.45) is 11.5 Å². The summed E-state index contributed by atoms with van der Waals surface area (Å²) >= 11 is 16.6. The third kappa shape index (κ3) is 23.3. The first-order valence-electron chi connectivity index (χ1n) is 16.7. The van der Waals surface area contributed by atoms with Gasteiger partial charge in [0.2, 0.25) is 5.76 Å². The minimum absolute atomic E-state index is 0. The number of ether oxygens (including phenoxy) is 3. The smallest absolute Gasteiger partial charge is 0.416 e. The van der Waals surface area contributed by atoms with Gasteiger partial charge in [0.25, 0.3) is 0 Å². The SMILES string of the molecule is C.C=C(OO)C(=O)OCC.CCOC(=O)CC(N)c1cc(Cl)cc(C(F)(F)F)c1.CCOC(=O)C[C@H](N)c1cc(Cl)cc(C(F)(F)F)c1.O=Cc1cc(Cl)cc(C(F)(F)F)c1. The summed E-state index contributed by atoms with van der Waals surface area (Å²) in [6.07, 6.45) is -13.6. The molecule has 0 aliphatic carbocycles. The minimum Gasteiger partial charge on any atom is -0.466 e.